The van der Waals surface area contributed by atoms with Crippen molar-refractivity contribution in [2.24, 2.45) is 5.92 Å². The molecule has 1 aliphatic heterocycles. The number of aryl methyl sites for hydroxylation is 1. The Kier molecular flexibility index (Phi) is 6.40. The van der Waals surface area contributed by atoms with E-state index >= 15 is 0 Å². The third-order valence-electron chi connectivity index (χ3n) is 5.24. The average molecular weight is 355 g/mol. The number of ether oxygens (including phenoxy) is 1. The highest BCUT2D eigenvalue weighted by atomic mass is 19.1. The molecule has 3 rings (SSSR count). The second kappa shape index (κ2) is 8.95. The summed E-state index contributed by atoms with van der Waals surface area (Å²) in [6, 6.07) is 16.7. The number of methoxy groups -OCH3 is 1. The van der Waals surface area contributed by atoms with Crippen LogP contribution in [0.4, 0.5) is 4.39 Å². The Bertz CT molecular complexity index is 694. The Hall–Kier alpha value is -2.20. The van der Waals surface area contributed by atoms with Gasteiger partial charge in [-0.15, -0.1) is 0 Å². The van der Waals surface area contributed by atoms with Crippen molar-refractivity contribution in [3.8, 4) is 0 Å². The SMILES string of the molecule is COC(c1ccccc1)C1CCN(C(=O)CCc2ccc(F)cc2)CC1. The minimum Gasteiger partial charge on any atom is -0.376 e. The lowest BCUT2D eigenvalue weighted by Crippen LogP contribution is -2.40. The molecule has 0 spiro atoms. The van der Waals surface area contributed by atoms with Crippen molar-refractivity contribution in [2.75, 3.05) is 20.2 Å². The fraction of sp³-hybridized carbons (Fsp3) is 0.409. The van der Waals surface area contributed by atoms with Gasteiger partial charge in [0.15, 0.2) is 0 Å². The van der Waals surface area contributed by atoms with Crippen LogP contribution in [0, 0.1) is 11.7 Å². The molecule has 138 valence electrons. The van der Waals surface area contributed by atoms with Crippen LogP contribution in [0.2, 0.25) is 0 Å². The number of benzene rings is 2. The number of amides is 1. The fourth-order valence-electron chi connectivity index (χ4n) is 3.76. The van der Waals surface area contributed by atoms with Crippen LogP contribution in [0.25, 0.3) is 0 Å². The molecule has 0 saturated carbocycles. The first-order valence-corrected chi connectivity index (χ1v) is 9.27. The van der Waals surface area contributed by atoms with Gasteiger partial charge in [-0.1, -0.05) is 42.5 Å². The van der Waals surface area contributed by atoms with E-state index in [1.807, 2.05) is 23.1 Å². The summed E-state index contributed by atoms with van der Waals surface area (Å²) < 4.78 is 18.7. The number of carbonyl (C=O) groups excluding carboxylic acids is 1. The molecule has 1 atom stereocenters. The van der Waals surface area contributed by atoms with Gasteiger partial charge in [0.1, 0.15) is 5.82 Å². The van der Waals surface area contributed by atoms with Crippen molar-refractivity contribution >= 4 is 5.91 Å². The number of carbonyl (C=O) groups is 1. The summed E-state index contributed by atoms with van der Waals surface area (Å²) in [6.07, 6.45) is 3.13. The van der Waals surface area contributed by atoms with Crippen molar-refractivity contribution in [1.29, 1.82) is 0 Å². The van der Waals surface area contributed by atoms with E-state index < -0.39 is 0 Å². The minimum absolute atomic E-state index is 0.0904. The number of halogens is 1. The lowest BCUT2D eigenvalue weighted by atomic mass is 9.87. The predicted molar refractivity (Wildman–Crippen MR) is 100 cm³/mol. The molecule has 2 aromatic carbocycles. The van der Waals surface area contributed by atoms with Gasteiger partial charge in [-0.3, -0.25) is 4.79 Å². The van der Waals surface area contributed by atoms with E-state index in [1.165, 1.54) is 17.7 Å². The highest BCUT2D eigenvalue weighted by Gasteiger charge is 2.29. The Labute approximate surface area is 154 Å². The van der Waals surface area contributed by atoms with Crippen molar-refractivity contribution in [3.63, 3.8) is 0 Å². The van der Waals surface area contributed by atoms with Crippen LogP contribution in [0.1, 0.15) is 36.5 Å². The van der Waals surface area contributed by atoms with E-state index in [0.29, 0.717) is 18.8 Å². The molecular weight excluding hydrogens is 329 g/mol. The molecule has 1 unspecified atom stereocenters. The molecule has 26 heavy (non-hydrogen) atoms. The first kappa shape index (κ1) is 18.6. The predicted octanol–water partition coefficient (Wildman–Crippen LogP) is 4.38. The molecule has 3 nitrogen and oxygen atoms in total. The van der Waals surface area contributed by atoms with Crippen LogP contribution in [0.5, 0.6) is 0 Å². The van der Waals surface area contributed by atoms with Crippen LogP contribution < -0.4 is 0 Å². The molecular formula is C22H26FNO2. The molecule has 4 heteroatoms. The van der Waals surface area contributed by atoms with E-state index in [9.17, 15) is 9.18 Å². The second-order valence-corrected chi connectivity index (χ2v) is 6.91. The summed E-state index contributed by atoms with van der Waals surface area (Å²) in [5.74, 6) is 0.373. The topological polar surface area (TPSA) is 29.5 Å². The summed E-state index contributed by atoms with van der Waals surface area (Å²) in [6.45, 7) is 1.55. The summed E-state index contributed by atoms with van der Waals surface area (Å²) in [4.78, 5) is 14.4. The lowest BCUT2D eigenvalue weighted by Gasteiger charge is -2.35. The molecule has 1 aliphatic rings. The van der Waals surface area contributed by atoms with Gasteiger partial charge in [0, 0.05) is 26.6 Å². The number of piperidine rings is 1. The first-order chi connectivity index (χ1) is 12.7. The quantitative estimate of drug-likeness (QED) is 0.769. The third-order valence-corrected chi connectivity index (χ3v) is 5.24. The fourth-order valence-corrected chi connectivity index (χ4v) is 3.76. The first-order valence-electron chi connectivity index (χ1n) is 9.27. The highest BCUT2D eigenvalue weighted by Crippen LogP contribution is 2.33. The molecule has 0 radical (unpaired) electrons. The monoisotopic (exact) mass is 355 g/mol. The largest absolute Gasteiger partial charge is 0.376 e. The average Bonchev–Trinajstić information content (AvgIpc) is 2.69. The van der Waals surface area contributed by atoms with Crippen molar-refractivity contribution in [3.05, 3.63) is 71.5 Å². The standard InChI is InChI=1S/C22H26FNO2/c1-26-22(18-5-3-2-4-6-18)19-13-15-24(16-14-19)21(25)12-9-17-7-10-20(23)11-8-17/h2-8,10-11,19,22H,9,12-16H2,1H3. The molecule has 1 saturated heterocycles. The van der Waals surface area contributed by atoms with Crippen LogP contribution in [-0.2, 0) is 16.0 Å². The Balaban J connectivity index is 1.49. The van der Waals surface area contributed by atoms with Gasteiger partial charge in [-0.2, -0.15) is 0 Å². The summed E-state index contributed by atoms with van der Waals surface area (Å²) in [5.41, 5.74) is 2.20. The summed E-state index contributed by atoms with van der Waals surface area (Å²) >= 11 is 0. The number of likely N-dealkylation sites (tertiary alicyclic amines) is 1. The summed E-state index contributed by atoms with van der Waals surface area (Å²) in [5, 5.41) is 0. The molecule has 0 N–H and O–H groups in total. The lowest BCUT2D eigenvalue weighted by molar-refractivity contribution is -0.133. The molecule has 0 aliphatic carbocycles. The second-order valence-electron chi connectivity index (χ2n) is 6.91. The minimum atomic E-state index is -0.242. The van der Waals surface area contributed by atoms with Gasteiger partial charge in [0.05, 0.1) is 6.10 Å². The van der Waals surface area contributed by atoms with E-state index in [-0.39, 0.29) is 17.8 Å². The van der Waals surface area contributed by atoms with Crippen LogP contribution in [-0.4, -0.2) is 31.0 Å². The van der Waals surface area contributed by atoms with Crippen LogP contribution >= 0.6 is 0 Å². The number of hydrogen-bond donors (Lipinski definition) is 0. The summed E-state index contributed by atoms with van der Waals surface area (Å²) in [7, 11) is 1.76. The van der Waals surface area contributed by atoms with Gasteiger partial charge in [0.25, 0.3) is 0 Å². The zero-order chi connectivity index (χ0) is 18.4. The Morgan fingerprint density at radius 3 is 2.38 bits per heavy atom. The van der Waals surface area contributed by atoms with Gasteiger partial charge in [-0.05, 0) is 48.4 Å². The van der Waals surface area contributed by atoms with E-state index in [2.05, 4.69) is 12.1 Å². The van der Waals surface area contributed by atoms with Crippen molar-refractivity contribution in [1.82, 2.24) is 4.90 Å². The third kappa shape index (κ3) is 4.70. The Morgan fingerprint density at radius 2 is 1.77 bits per heavy atom. The zero-order valence-corrected chi connectivity index (χ0v) is 15.2. The van der Waals surface area contributed by atoms with E-state index in [4.69, 9.17) is 4.74 Å². The van der Waals surface area contributed by atoms with Crippen molar-refractivity contribution in [2.45, 2.75) is 31.8 Å². The van der Waals surface area contributed by atoms with E-state index in [0.717, 1.165) is 31.5 Å². The van der Waals surface area contributed by atoms with Gasteiger partial charge >= 0.3 is 0 Å². The molecule has 1 amide bonds. The molecule has 2 aromatic rings. The molecule has 1 heterocycles. The number of hydrogen-bond acceptors (Lipinski definition) is 2. The molecule has 1 fully saturated rings. The van der Waals surface area contributed by atoms with Gasteiger partial charge < -0.3 is 9.64 Å². The van der Waals surface area contributed by atoms with Gasteiger partial charge in [0.2, 0.25) is 5.91 Å². The van der Waals surface area contributed by atoms with E-state index in [1.54, 1.807) is 19.2 Å². The van der Waals surface area contributed by atoms with Crippen molar-refractivity contribution < 1.29 is 13.9 Å². The maximum Gasteiger partial charge on any atom is 0.222 e. The maximum atomic E-state index is 12.9. The number of nitrogens with zero attached hydrogens (tertiary/aromatic N) is 1. The normalized spacial score (nSPS) is 16.5. The molecule has 0 bridgehead atoms. The highest BCUT2D eigenvalue weighted by molar-refractivity contribution is 5.76. The smallest absolute Gasteiger partial charge is 0.222 e. The molecule has 0 aromatic heterocycles. The van der Waals surface area contributed by atoms with Crippen LogP contribution in [0.3, 0.4) is 0 Å². The Morgan fingerprint density at radius 1 is 1.12 bits per heavy atom. The number of rotatable bonds is 6. The maximum absolute atomic E-state index is 12.9. The van der Waals surface area contributed by atoms with Gasteiger partial charge in [-0.25, -0.2) is 4.39 Å². The zero-order valence-electron chi connectivity index (χ0n) is 15.2. The van der Waals surface area contributed by atoms with Crippen LogP contribution in [0.15, 0.2) is 54.6 Å².